The average Bonchev–Trinajstić information content (AvgIpc) is 2.75. The molecule has 33 heavy (non-hydrogen) atoms. The van der Waals surface area contributed by atoms with Crippen LogP contribution in [0.1, 0.15) is 17.5 Å². The van der Waals surface area contributed by atoms with Crippen LogP contribution in [0.15, 0.2) is 47.4 Å². The fraction of sp³-hybridized carbons (Fsp3) is 0.250. The first-order chi connectivity index (χ1) is 15.6. The van der Waals surface area contributed by atoms with Gasteiger partial charge in [-0.05, 0) is 17.7 Å². The number of nitrogens with zero attached hydrogens (tertiary/aromatic N) is 1. The number of nitrogens with one attached hydrogen (secondary N) is 3. The molecule has 1 aliphatic heterocycles. The van der Waals surface area contributed by atoms with Gasteiger partial charge in [0, 0.05) is 18.2 Å². The van der Waals surface area contributed by atoms with Crippen LogP contribution in [0.5, 0.6) is 0 Å². The zero-order valence-corrected chi connectivity index (χ0v) is 18.0. The molecular formula is C20H21F2N5O5S. The van der Waals surface area contributed by atoms with Crippen LogP contribution in [-0.2, 0) is 30.9 Å². The molecule has 1 atom stereocenters. The molecular weight excluding hydrogens is 460 g/mol. The predicted octanol–water partition coefficient (Wildman–Crippen LogP) is 0.376. The van der Waals surface area contributed by atoms with E-state index in [0.717, 1.165) is 22.7 Å². The van der Waals surface area contributed by atoms with Crippen molar-refractivity contribution in [1.29, 1.82) is 5.41 Å². The maximum atomic E-state index is 13.9. The molecule has 0 bridgehead atoms. The largest absolute Gasteiger partial charge is 0.384 e. The quantitative estimate of drug-likeness (QED) is 0.316. The zero-order valence-electron chi connectivity index (χ0n) is 17.2. The maximum Gasteiger partial charge on any atom is 0.267 e. The lowest BCUT2D eigenvalue weighted by Crippen LogP contribution is -2.56. The second-order valence-corrected chi connectivity index (χ2v) is 8.74. The van der Waals surface area contributed by atoms with Gasteiger partial charge in [-0.2, -0.15) is 0 Å². The third-order valence-corrected chi connectivity index (χ3v) is 6.09. The number of ether oxygens (including phenoxy) is 1. The molecule has 10 nitrogen and oxygen atoms in total. The number of amides is 2. The molecule has 0 aliphatic carbocycles. The molecule has 2 aromatic rings. The van der Waals surface area contributed by atoms with E-state index in [2.05, 4.69) is 5.32 Å². The molecule has 5 N–H and O–H groups in total. The Labute approximate surface area is 188 Å². The molecule has 13 heteroatoms. The standard InChI is InChI=1S/C20H21F2N5O5S/c21-14-5-6-17(15(22)9-14)33(30,31)26-27-7-8-32-16(20(27)29)10-18(28)25-11-12-1-3-13(4-2-12)19(23)24/h1-6,9,16,26H,7-8,10-11H2,(H3,23,24)(H,25,28). The van der Waals surface area contributed by atoms with Crippen LogP contribution >= 0.6 is 0 Å². The predicted molar refractivity (Wildman–Crippen MR) is 112 cm³/mol. The molecule has 176 valence electrons. The van der Waals surface area contributed by atoms with Gasteiger partial charge in [-0.1, -0.05) is 24.3 Å². The van der Waals surface area contributed by atoms with E-state index < -0.39 is 44.5 Å². The first-order valence-electron chi connectivity index (χ1n) is 9.67. The van der Waals surface area contributed by atoms with E-state index in [1.807, 2.05) is 4.83 Å². The van der Waals surface area contributed by atoms with Gasteiger partial charge in [0.25, 0.3) is 15.9 Å². The molecule has 0 saturated carbocycles. The first kappa shape index (κ1) is 24.2. The summed E-state index contributed by atoms with van der Waals surface area (Å²) in [4.78, 5) is 26.0. The van der Waals surface area contributed by atoms with Crippen molar-refractivity contribution < 1.29 is 31.5 Å². The molecule has 1 fully saturated rings. The van der Waals surface area contributed by atoms with Gasteiger partial charge in [0.15, 0.2) is 0 Å². The van der Waals surface area contributed by atoms with Gasteiger partial charge in [-0.25, -0.2) is 17.2 Å². The van der Waals surface area contributed by atoms with Gasteiger partial charge < -0.3 is 15.8 Å². The Bertz CT molecular complexity index is 1170. The maximum absolute atomic E-state index is 13.9. The number of halogens is 2. The minimum Gasteiger partial charge on any atom is -0.384 e. The monoisotopic (exact) mass is 481 g/mol. The Morgan fingerprint density at radius 2 is 1.91 bits per heavy atom. The van der Waals surface area contributed by atoms with Crippen LogP contribution in [0, 0.1) is 17.0 Å². The van der Waals surface area contributed by atoms with Gasteiger partial charge in [0.1, 0.15) is 28.5 Å². The van der Waals surface area contributed by atoms with E-state index in [9.17, 15) is 26.8 Å². The number of nitrogen functional groups attached to an aromatic ring is 1. The van der Waals surface area contributed by atoms with Gasteiger partial charge >= 0.3 is 0 Å². The van der Waals surface area contributed by atoms with Gasteiger partial charge in [-0.15, -0.1) is 4.83 Å². The number of amidine groups is 1. The van der Waals surface area contributed by atoms with Crippen molar-refractivity contribution in [3.63, 3.8) is 0 Å². The van der Waals surface area contributed by atoms with Crippen LogP contribution in [0.3, 0.4) is 0 Å². The van der Waals surface area contributed by atoms with Crippen molar-refractivity contribution in [3.05, 3.63) is 65.2 Å². The molecule has 0 aromatic heterocycles. The van der Waals surface area contributed by atoms with E-state index in [0.29, 0.717) is 11.6 Å². The van der Waals surface area contributed by atoms with E-state index in [1.54, 1.807) is 24.3 Å². The van der Waals surface area contributed by atoms with E-state index in [-0.39, 0.29) is 32.0 Å². The molecule has 0 spiro atoms. The molecule has 3 rings (SSSR count). The number of sulfonamides is 1. The minimum absolute atomic E-state index is 0.0649. The van der Waals surface area contributed by atoms with Crippen LogP contribution in [0.4, 0.5) is 8.78 Å². The Balaban J connectivity index is 1.58. The highest BCUT2D eigenvalue weighted by Crippen LogP contribution is 2.17. The summed E-state index contributed by atoms with van der Waals surface area (Å²) in [6.45, 7) is -0.0791. The summed E-state index contributed by atoms with van der Waals surface area (Å²) in [7, 11) is -4.51. The van der Waals surface area contributed by atoms with Crippen molar-refractivity contribution in [1.82, 2.24) is 15.2 Å². The van der Waals surface area contributed by atoms with E-state index in [1.165, 1.54) is 0 Å². The van der Waals surface area contributed by atoms with Gasteiger partial charge in [-0.3, -0.25) is 20.0 Å². The summed E-state index contributed by atoms with van der Waals surface area (Å²) in [6.07, 6.45) is -1.62. The Morgan fingerprint density at radius 1 is 1.21 bits per heavy atom. The third-order valence-electron chi connectivity index (χ3n) is 4.71. The Hall–Kier alpha value is -3.42. The van der Waals surface area contributed by atoms with Crippen LogP contribution in [0.25, 0.3) is 0 Å². The van der Waals surface area contributed by atoms with Crippen molar-refractivity contribution in [2.45, 2.75) is 24.0 Å². The fourth-order valence-corrected chi connectivity index (χ4v) is 4.14. The first-order valence-corrected chi connectivity index (χ1v) is 11.2. The number of hydrogen-bond acceptors (Lipinski definition) is 6. The highest BCUT2D eigenvalue weighted by atomic mass is 32.2. The number of carbonyl (C=O) groups is 2. The van der Waals surface area contributed by atoms with Crippen molar-refractivity contribution in [2.24, 2.45) is 5.73 Å². The summed E-state index contributed by atoms with van der Waals surface area (Å²) >= 11 is 0. The summed E-state index contributed by atoms with van der Waals surface area (Å²) < 4.78 is 57.1. The average molecular weight is 481 g/mol. The Kier molecular flexibility index (Phi) is 7.36. The summed E-state index contributed by atoms with van der Waals surface area (Å²) in [5.41, 5.74) is 6.66. The molecule has 2 amide bonds. The SMILES string of the molecule is N=C(N)c1ccc(CNC(=O)CC2OCCN(NS(=O)(=O)c3ccc(F)cc3F)C2=O)cc1. The second-order valence-electron chi connectivity index (χ2n) is 7.11. The van der Waals surface area contributed by atoms with E-state index >= 15 is 0 Å². The summed E-state index contributed by atoms with van der Waals surface area (Å²) in [5.74, 6) is -3.68. The molecule has 0 radical (unpaired) electrons. The topological polar surface area (TPSA) is 155 Å². The summed E-state index contributed by atoms with van der Waals surface area (Å²) in [6, 6.07) is 8.56. The molecule has 1 saturated heterocycles. The smallest absolute Gasteiger partial charge is 0.267 e. The van der Waals surface area contributed by atoms with E-state index in [4.69, 9.17) is 15.9 Å². The van der Waals surface area contributed by atoms with Gasteiger partial charge in [0.2, 0.25) is 5.91 Å². The second kappa shape index (κ2) is 10.0. The van der Waals surface area contributed by atoms with Crippen molar-refractivity contribution in [2.75, 3.05) is 13.2 Å². The lowest BCUT2D eigenvalue weighted by atomic mass is 10.1. The number of benzene rings is 2. The highest BCUT2D eigenvalue weighted by molar-refractivity contribution is 7.89. The molecule has 1 unspecified atom stereocenters. The fourth-order valence-electron chi connectivity index (χ4n) is 3.01. The lowest BCUT2D eigenvalue weighted by molar-refractivity contribution is -0.157. The molecule has 1 aliphatic rings. The number of hydrazine groups is 1. The Morgan fingerprint density at radius 3 is 2.55 bits per heavy atom. The number of hydrogen-bond donors (Lipinski definition) is 4. The highest BCUT2D eigenvalue weighted by Gasteiger charge is 2.34. The van der Waals surface area contributed by atoms with Crippen LogP contribution < -0.4 is 15.9 Å². The number of carbonyl (C=O) groups excluding carboxylic acids is 2. The molecule has 2 aromatic carbocycles. The lowest BCUT2D eigenvalue weighted by Gasteiger charge is -2.31. The summed E-state index contributed by atoms with van der Waals surface area (Å²) in [5, 5.41) is 10.7. The third kappa shape index (κ3) is 6.09. The number of rotatable bonds is 8. The number of nitrogens with two attached hydrogens (primary N) is 1. The normalized spacial score (nSPS) is 16.5. The van der Waals surface area contributed by atoms with Gasteiger partial charge in [0.05, 0.1) is 19.6 Å². The molecule has 1 heterocycles. The zero-order chi connectivity index (χ0) is 24.2. The minimum atomic E-state index is -4.51. The van der Waals surface area contributed by atoms with Crippen molar-refractivity contribution in [3.8, 4) is 0 Å². The number of morpholine rings is 1. The van der Waals surface area contributed by atoms with Crippen LogP contribution in [-0.4, -0.2) is 50.3 Å². The van der Waals surface area contributed by atoms with Crippen molar-refractivity contribution >= 4 is 27.7 Å². The van der Waals surface area contributed by atoms with Crippen LogP contribution in [0.2, 0.25) is 0 Å².